The maximum Gasteiger partial charge on any atom is 0.317 e. The molecule has 0 aromatic heterocycles. The van der Waals surface area contributed by atoms with Crippen LogP contribution >= 0.6 is 28.1 Å². The number of hydrogen-bond donors (Lipinski definition) is 1. The van der Waals surface area contributed by atoms with E-state index >= 15 is 0 Å². The Morgan fingerprint density at radius 2 is 1.87 bits per heavy atom. The van der Waals surface area contributed by atoms with Crippen LogP contribution in [0.3, 0.4) is 0 Å². The summed E-state index contributed by atoms with van der Waals surface area (Å²) in [7, 11) is 0. The van der Waals surface area contributed by atoms with Gasteiger partial charge in [0.15, 0.2) is 0 Å². The van der Waals surface area contributed by atoms with E-state index in [1.165, 1.54) is 0 Å². The van der Waals surface area contributed by atoms with Crippen LogP contribution in [0.25, 0.3) is 10.8 Å². The predicted molar refractivity (Wildman–Crippen MR) is 102 cm³/mol. The van der Waals surface area contributed by atoms with Gasteiger partial charge >= 0.3 is 5.97 Å². The minimum absolute atomic E-state index is 0.0224. The summed E-state index contributed by atoms with van der Waals surface area (Å²) in [5.41, 5.74) is 1.01. The van der Waals surface area contributed by atoms with Gasteiger partial charge in [-0.2, -0.15) is 0 Å². The molecule has 0 radical (unpaired) electrons. The van der Waals surface area contributed by atoms with Crippen LogP contribution < -0.4 is 0 Å². The first-order valence-electron chi connectivity index (χ1n) is 7.67. The molecule has 122 valence electrons. The van der Waals surface area contributed by atoms with Crippen LogP contribution in [-0.2, 0) is 4.79 Å². The molecule has 2 aromatic carbocycles. The van der Waals surface area contributed by atoms with Gasteiger partial charge in [-0.1, -0.05) is 71.8 Å². The molecule has 1 N–H and O–H groups in total. The molecule has 0 spiro atoms. The van der Waals surface area contributed by atoms with E-state index in [1.807, 2.05) is 29.2 Å². The minimum Gasteiger partial charge on any atom is -0.480 e. The fourth-order valence-electron chi connectivity index (χ4n) is 2.59. The van der Waals surface area contributed by atoms with Crippen LogP contribution in [-0.4, -0.2) is 40.5 Å². The monoisotopic (exact) mass is 393 g/mol. The molecule has 0 saturated heterocycles. The smallest absolute Gasteiger partial charge is 0.317 e. The molecule has 0 heterocycles. The number of thiocarbonyl (C=S) groups is 1. The van der Waals surface area contributed by atoms with Crippen molar-refractivity contribution >= 4 is 49.8 Å². The molecule has 0 aliphatic heterocycles. The number of benzene rings is 2. The summed E-state index contributed by atoms with van der Waals surface area (Å²) in [6, 6.07) is 12.1. The van der Waals surface area contributed by atoms with Crippen LogP contribution in [0.1, 0.15) is 25.3 Å². The second kappa shape index (κ2) is 8.52. The summed E-state index contributed by atoms with van der Waals surface area (Å²) in [5.74, 6) is -0.815. The van der Waals surface area contributed by atoms with Gasteiger partial charge in [0, 0.05) is 15.9 Å². The number of nitrogens with zero attached hydrogens (tertiary/aromatic N) is 1. The van der Waals surface area contributed by atoms with E-state index in [0.29, 0.717) is 6.54 Å². The number of fused-ring (bicyclic) bond motifs is 1. The average molecular weight is 394 g/mol. The van der Waals surface area contributed by atoms with Crippen LogP contribution in [0.5, 0.6) is 0 Å². The lowest BCUT2D eigenvalue weighted by Crippen LogP contribution is -2.35. The van der Waals surface area contributed by atoms with Crippen molar-refractivity contribution in [3.63, 3.8) is 0 Å². The third kappa shape index (κ3) is 4.83. The zero-order valence-corrected chi connectivity index (χ0v) is 15.5. The van der Waals surface area contributed by atoms with Gasteiger partial charge in [0.2, 0.25) is 0 Å². The summed E-state index contributed by atoms with van der Waals surface area (Å²) < 4.78 is 1.04. The second-order valence-corrected chi connectivity index (χ2v) is 6.87. The number of rotatable bonds is 8. The Morgan fingerprint density at radius 1 is 1.17 bits per heavy atom. The number of carboxylic acid groups (broad SMARTS) is 1. The number of carboxylic acids is 1. The molecule has 0 fully saturated rings. The number of carbonyl (C=O) groups is 1. The molecule has 0 unspecified atom stereocenters. The molecule has 0 aliphatic carbocycles. The van der Waals surface area contributed by atoms with Gasteiger partial charge in [0.1, 0.15) is 0 Å². The quantitative estimate of drug-likeness (QED) is 0.529. The molecule has 0 aliphatic rings. The van der Waals surface area contributed by atoms with Crippen LogP contribution in [0.15, 0.2) is 40.9 Å². The molecule has 0 amide bonds. The van der Waals surface area contributed by atoms with Gasteiger partial charge in [0.25, 0.3) is 0 Å². The third-order valence-corrected chi connectivity index (χ3v) is 4.76. The van der Waals surface area contributed by atoms with Gasteiger partial charge in [0.05, 0.1) is 6.54 Å². The molecule has 0 bridgehead atoms. The van der Waals surface area contributed by atoms with E-state index in [9.17, 15) is 4.79 Å². The van der Waals surface area contributed by atoms with Crippen LogP contribution in [0.2, 0.25) is 0 Å². The van der Waals surface area contributed by atoms with E-state index in [0.717, 1.165) is 45.1 Å². The van der Waals surface area contributed by atoms with Gasteiger partial charge in [-0.05, 0) is 35.4 Å². The number of aliphatic carboxylic acids is 1. The maximum atomic E-state index is 11.1. The Balaban J connectivity index is 2.25. The summed E-state index contributed by atoms with van der Waals surface area (Å²) in [6.45, 7) is 3.36. The average Bonchev–Trinajstić information content (AvgIpc) is 2.52. The van der Waals surface area contributed by atoms with Crippen molar-refractivity contribution in [1.82, 2.24) is 4.90 Å². The highest BCUT2D eigenvalue weighted by Crippen LogP contribution is 2.27. The van der Waals surface area contributed by atoms with Gasteiger partial charge in [-0.3, -0.25) is 9.69 Å². The number of unbranched alkanes of at least 4 members (excludes halogenated alkanes) is 1. The number of hydrogen-bond acceptors (Lipinski definition) is 3. The van der Waals surface area contributed by atoms with Gasteiger partial charge < -0.3 is 5.11 Å². The fourth-order valence-corrected chi connectivity index (χ4v) is 3.45. The third-order valence-electron chi connectivity index (χ3n) is 3.72. The minimum atomic E-state index is -0.815. The molecule has 5 heteroatoms. The summed E-state index contributed by atoms with van der Waals surface area (Å²) in [6.07, 6.45) is 2.00. The fraction of sp³-hybridized carbons (Fsp3) is 0.333. The van der Waals surface area contributed by atoms with E-state index in [2.05, 4.69) is 35.0 Å². The van der Waals surface area contributed by atoms with Crippen molar-refractivity contribution in [3.8, 4) is 0 Å². The molecular formula is C18H20BrNO2S. The summed E-state index contributed by atoms with van der Waals surface area (Å²) >= 11 is 9.19. The topological polar surface area (TPSA) is 40.5 Å². The Kier molecular flexibility index (Phi) is 6.69. The number of halogens is 1. The molecule has 0 atom stereocenters. The highest BCUT2D eigenvalue weighted by molar-refractivity contribution is 9.10. The lowest BCUT2D eigenvalue weighted by Gasteiger charge is -2.21. The Bertz CT molecular complexity index is 717. The van der Waals surface area contributed by atoms with Gasteiger partial charge in [-0.15, -0.1) is 0 Å². The predicted octanol–water partition coefficient (Wildman–Crippen LogP) is 4.51. The van der Waals surface area contributed by atoms with Crippen molar-refractivity contribution in [1.29, 1.82) is 0 Å². The summed E-state index contributed by atoms with van der Waals surface area (Å²) in [4.78, 5) is 13.7. The van der Waals surface area contributed by atoms with E-state index in [4.69, 9.17) is 17.3 Å². The van der Waals surface area contributed by atoms with Crippen molar-refractivity contribution in [2.45, 2.75) is 19.8 Å². The first kappa shape index (κ1) is 18.0. The Morgan fingerprint density at radius 3 is 2.57 bits per heavy atom. The highest BCUT2D eigenvalue weighted by Gasteiger charge is 2.14. The van der Waals surface area contributed by atoms with E-state index < -0.39 is 5.97 Å². The zero-order chi connectivity index (χ0) is 16.8. The zero-order valence-electron chi connectivity index (χ0n) is 13.1. The lowest BCUT2D eigenvalue weighted by molar-refractivity contribution is -0.138. The van der Waals surface area contributed by atoms with E-state index in [1.54, 1.807) is 0 Å². The molecule has 23 heavy (non-hydrogen) atoms. The summed E-state index contributed by atoms with van der Waals surface area (Å²) in [5, 5.41) is 11.3. The highest BCUT2D eigenvalue weighted by atomic mass is 79.9. The van der Waals surface area contributed by atoms with Crippen LogP contribution in [0.4, 0.5) is 0 Å². The molecule has 3 nitrogen and oxygen atoms in total. The van der Waals surface area contributed by atoms with Gasteiger partial charge in [-0.25, -0.2) is 0 Å². The van der Waals surface area contributed by atoms with Crippen molar-refractivity contribution < 1.29 is 9.90 Å². The first-order valence-corrected chi connectivity index (χ1v) is 8.87. The second-order valence-electron chi connectivity index (χ2n) is 5.52. The largest absolute Gasteiger partial charge is 0.480 e. The standard InChI is InChI=1S/C18H20BrNO2S/c1-2-3-10-20(12-18(21)22)11-17(23)15-8-4-7-14-13(15)6-5-9-16(14)19/h4-9H,2-3,10-12H2,1H3,(H,21,22). The lowest BCUT2D eigenvalue weighted by atomic mass is 10.0. The molecule has 2 rings (SSSR count). The molecular weight excluding hydrogens is 374 g/mol. The SMILES string of the molecule is CCCCN(CC(=O)O)CC(=S)c1cccc2c(Br)cccc12. The molecule has 0 saturated carbocycles. The Hall–Kier alpha value is -1.30. The first-order chi connectivity index (χ1) is 11.0. The van der Waals surface area contributed by atoms with Crippen molar-refractivity contribution in [2.75, 3.05) is 19.6 Å². The van der Waals surface area contributed by atoms with E-state index in [-0.39, 0.29) is 6.54 Å². The van der Waals surface area contributed by atoms with Crippen LogP contribution in [0, 0.1) is 0 Å². The van der Waals surface area contributed by atoms with Crippen molar-refractivity contribution in [2.24, 2.45) is 0 Å². The molecule has 2 aromatic rings. The maximum absolute atomic E-state index is 11.1. The Labute approximate surface area is 150 Å². The normalized spacial score (nSPS) is 11.1. The van der Waals surface area contributed by atoms with Crippen molar-refractivity contribution in [3.05, 3.63) is 46.4 Å².